The molecule has 6 atom stereocenters. The Morgan fingerprint density at radius 1 is 1.32 bits per heavy atom. The second kappa shape index (κ2) is 5.02. The number of piperidine rings is 2. The summed E-state index contributed by atoms with van der Waals surface area (Å²) < 4.78 is 6.30. The Morgan fingerprint density at radius 3 is 3.11 bits per heavy atom. The number of carbonyl (C=O) groups is 1. The summed E-state index contributed by atoms with van der Waals surface area (Å²) in [7, 11) is 0. The maximum absolute atomic E-state index is 13.5. The number of benzene rings is 1. The summed E-state index contributed by atoms with van der Waals surface area (Å²) in [6, 6.07) is 8.85. The Kier molecular flexibility index (Phi) is 2.88. The van der Waals surface area contributed by atoms with E-state index in [4.69, 9.17) is 4.74 Å². The zero-order valence-electron chi connectivity index (χ0n) is 15.5. The molecule has 0 radical (unpaired) electrons. The summed E-state index contributed by atoms with van der Waals surface area (Å²) in [5.74, 6) is 0.702. The van der Waals surface area contributed by atoms with E-state index in [1.54, 1.807) is 0 Å². The lowest BCUT2D eigenvalue weighted by atomic mass is 9.53. The van der Waals surface area contributed by atoms with Crippen LogP contribution >= 0.6 is 11.8 Å². The number of thiocyanates is 1. The number of thioether (sulfide) groups is 1. The quantitative estimate of drug-likeness (QED) is 0.544. The number of nitrogens with zero attached hydrogens (tertiary/aromatic N) is 3. The molecule has 3 saturated heterocycles. The number of hydrogen-bond acceptors (Lipinski definition) is 5. The number of rotatable bonds is 1. The first-order valence-corrected chi connectivity index (χ1v) is 11.1. The fraction of sp³-hybridized carbons (Fsp3) is 0.545. The molecule has 2 unspecified atom stereocenters. The maximum Gasteiger partial charge on any atom is 0.230 e. The van der Waals surface area contributed by atoms with Crippen molar-refractivity contribution in [1.82, 2.24) is 4.90 Å². The van der Waals surface area contributed by atoms with Crippen LogP contribution in [0.5, 0.6) is 0 Å². The Morgan fingerprint density at radius 2 is 2.21 bits per heavy atom. The van der Waals surface area contributed by atoms with Crippen LogP contribution in [0.3, 0.4) is 0 Å². The first kappa shape index (κ1) is 16.0. The van der Waals surface area contributed by atoms with E-state index in [-0.39, 0.29) is 23.3 Å². The molecular formula is C22H21N3O2S. The van der Waals surface area contributed by atoms with E-state index in [0.717, 1.165) is 31.6 Å². The van der Waals surface area contributed by atoms with Gasteiger partial charge in [-0.25, -0.2) is 0 Å². The summed E-state index contributed by atoms with van der Waals surface area (Å²) in [5.41, 5.74) is 3.62. The highest BCUT2D eigenvalue weighted by Crippen LogP contribution is 2.73. The van der Waals surface area contributed by atoms with Crippen molar-refractivity contribution in [2.45, 2.75) is 41.7 Å². The normalized spacial score (nSPS) is 44.6. The molecule has 1 aromatic carbocycles. The van der Waals surface area contributed by atoms with Gasteiger partial charge in [0.2, 0.25) is 5.91 Å². The van der Waals surface area contributed by atoms with Gasteiger partial charge in [-0.2, -0.15) is 5.26 Å². The first-order valence-electron chi connectivity index (χ1n) is 10.3. The average Bonchev–Trinajstić information content (AvgIpc) is 3.13. The van der Waals surface area contributed by atoms with E-state index in [1.165, 1.54) is 22.9 Å². The van der Waals surface area contributed by atoms with Crippen LogP contribution in [0.1, 0.15) is 24.8 Å². The molecule has 6 aliphatic rings. The van der Waals surface area contributed by atoms with Crippen molar-refractivity contribution in [2.24, 2.45) is 11.8 Å². The van der Waals surface area contributed by atoms with Gasteiger partial charge >= 0.3 is 0 Å². The zero-order valence-corrected chi connectivity index (χ0v) is 16.3. The Hall–Kier alpha value is -1.81. The molecular weight excluding hydrogens is 370 g/mol. The third kappa shape index (κ3) is 1.47. The van der Waals surface area contributed by atoms with E-state index < -0.39 is 4.87 Å². The molecule has 28 heavy (non-hydrogen) atoms. The molecule has 1 spiro atoms. The van der Waals surface area contributed by atoms with Crippen LogP contribution in [-0.4, -0.2) is 47.5 Å². The molecule has 1 saturated carbocycles. The number of ether oxygens (including phenoxy) is 1. The van der Waals surface area contributed by atoms with Gasteiger partial charge in [0, 0.05) is 29.6 Å². The van der Waals surface area contributed by atoms with Crippen molar-refractivity contribution in [1.29, 1.82) is 5.26 Å². The molecule has 5 heterocycles. The minimum Gasteiger partial charge on any atom is -0.373 e. The molecule has 1 amide bonds. The van der Waals surface area contributed by atoms with Gasteiger partial charge in [0.25, 0.3) is 0 Å². The van der Waals surface area contributed by atoms with Crippen molar-refractivity contribution in [3.05, 3.63) is 41.5 Å². The second-order valence-corrected chi connectivity index (χ2v) is 10.1. The highest BCUT2D eigenvalue weighted by Gasteiger charge is 2.79. The molecule has 7 rings (SSSR count). The van der Waals surface area contributed by atoms with Crippen LogP contribution in [-0.2, 0) is 14.9 Å². The molecule has 6 heteroatoms. The number of hydrogen-bond donors (Lipinski definition) is 0. The van der Waals surface area contributed by atoms with E-state index in [9.17, 15) is 10.1 Å². The molecule has 0 aromatic heterocycles. The molecule has 1 aromatic rings. The van der Waals surface area contributed by atoms with Crippen LogP contribution in [0.2, 0.25) is 0 Å². The predicted octanol–water partition coefficient (Wildman–Crippen LogP) is 2.63. The van der Waals surface area contributed by atoms with Crippen molar-refractivity contribution in [3.63, 3.8) is 0 Å². The van der Waals surface area contributed by atoms with E-state index >= 15 is 0 Å². The summed E-state index contributed by atoms with van der Waals surface area (Å²) in [6.45, 7) is 2.65. The minimum absolute atomic E-state index is 0.0948. The minimum atomic E-state index is -0.558. The molecule has 2 bridgehead atoms. The van der Waals surface area contributed by atoms with Gasteiger partial charge in [-0.1, -0.05) is 29.8 Å². The van der Waals surface area contributed by atoms with Crippen LogP contribution in [0.25, 0.3) is 0 Å². The van der Waals surface area contributed by atoms with Crippen LogP contribution in [0, 0.1) is 22.5 Å². The number of nitriles is 1. The van der Waals surface area contributed by atoms with E-state index in [0.29, 0.717) is 25.0 Å². The zero-order chi connectivity index (χ0) is 18.7. The predicted molar refractivity (Wildman–Crippen MR) is 106 cm³/mol. The maximum atomic E-state index is 13.5. The van der Waals surface area contributed by atoms with Crippen molar-refractivity contribution in [3.8, 4) is 5.40 Å². The number of para-hydroxylation sites is 1. The monoisotopic (exact) mass is 391 g/mol. The molecule has 1 aliphatic carbocycles. The van der Waals surface area contributed by atoms with E-state index in [1.807, 2.05) is 6.07 Å². The SMILES string of the molecule is N#CSC12[C@H]3C4CC(=O)N1c1ccccc1[C@@]21CCN2CC(=CCO4)[C@@H]3C[C@H]21. The topological polar surface area (TPSA) is 56.6 Å². The Labute approximate surface area is 168 Å². The number of anilines is 1. The summed E-state index contributed by atoms with van der Waals surface area (Å²) >= 11 is 1.36. The molecule has 5 nitrogen and oxygen atoms in total. The van der Waals surface area contributed by atoms with Crippen LogP contribution in [0.4, 0.5) is 5.69 Å². The molecule has 142 valence electrons. The molecule has 0 N–H and O–H groups in total. The smallest absolute Gasteiger partial charge is 0.230 e. The molecule has 5 aliphatic heterocycles. The van der Waals surface area contributed by atoms with Crippen molar-refractivity contribution < 1.29 is 9.53 Å². The second-order valence-electron chi connectivity index (χ2n) is 9.07. The third-order valence-corrected chi connectivity index (χ3v) is 9.73. The number of carbonyl (C=O) groups excluding carboxylic acids is 1. The first-order chi connectivity index (χ1) is 13.7. The van der Waals surface area contributed by atoms with Gasteiger partial charge in [0.15, 0.2) is 0 Å². The van der Waals surface area contributed by atoms with Gasteiger partial charge in [-0.15, -0.1) is 0 Å². The van der Waals surface area contributed by atoms with Gasteiger partial charge in [-0.3, -0.25) is 14.6 Å². The van der Waals surface area contributed by atoms with E-state index in [2.05, 4.69) is 39.5 Å². The van der Waals surface area contributed by atoms with Crippen LogP contribution < -0.4 is 4.90 Å². The van der Waals surface area contributed by atoms with Gasteiger partial charge < -0.3 is 4.74 Å². The highest BCUT2D eigenvalue weighted by atomic mass is 32.2. The largest absolute Gasteiger partial charge is 0.373 e. The van der Waals surface area contributed by atoms with Gasteiger partial charge in [-0.05, 0) is 48.7 Å². The van der Waals surface area contributed by atoms with Gasteiger partial charge in [0.1, 0.15) is 10.3 Å². The average molecular weight is 391 g/mol. The third-order valence-electron chi connectivity index (χ3n) is 8.51. The summed E-state index contributed by atoms with van der Waals surface area (Å²) in [5, 5.41) is 12.5. The summed E-state index contributed by atoms with van der Waals surface area (Å²) in [4.78, 5) is 17.7. The molecule has 4 fully saturated rings. The standard InChI is InChI=1S/C22H21N3O2S/c23-12-28-22-20-14-9-18-21(22)6-7-24(18)11-13(14)5-8-27-17(20)10-19(26)25(22)16-4-2-1-3-15(16)21/h1-5,14,17-18,20H,6-11H2/t14-,17?,18-,20+,21+,22?/m0/s1. The number of fused-ring (bicyclic) bond motifs is 2. The lowest BCUT2D eigenvalue weighted by Gasteiger charge is -2.64. The van der Waals surface area contributed by atoms with Gasteiger partial charge in [0.05, 0.1) is 19.1 Å². The fourth-order valence-corrected chi connectivity index (χ4v) is 9.25. The lowest BCUT2D eigenvalue weighted by Crippen LogP contribution is -2.75. The Balaban J connectivity index is 1.61. The lowest BCUT2D eigenvalue weighted by molar-refractivity contribution is -0.134. The van der Waals surface area contributed by atoms with Crippen molar-refractivity contribution in [2.75, 3.05) is 24.6 Å². The summed E-state index contributed by atoms with van der Waals surface area (Å²) in [6.07, 6.45) is 4.74. The van der Waals surface area contributed by atoms with Crippen LogP contribution in [0.15, 0.2) is 35.9 Å². The van der Waals surface area contributed by atoms with Crippen molar-refractivity contribution >= 4 is 23.4 Å². The number of amides is 1. The Bertz CT molecular complexity index is 1000. The fourth-order valence-electron chi connectivity index (χ4n) is 7.84. The highest BCUT2D eigenvalue weighted by molar-refractivity contribution is 8.05.